The second-order valence-electron chi connectivity index (χ2n) is 0.289. The van der Waals surface area contributed by atoms with E-state index < -0.39 is 7.32 Å². The van der Waals surface area contributed by atoms with Crippen LogP contribution in [-0.4, -0.2) is 84.0 Å². The Kier molecular flexibility index (Phi) is 6790. The van der Waals surface area contributed by atoms with E-state index in [1.165, 1.54) is 0 Å². The maximum atomic E-state index is 8.42. The summed E-state index contributed by atoms with van der Waals surface area (Å²) in [5.41, 5.74) is 0. The Morgan fingerprint density at radius 2 is 0.286 bits per heavy atom. The van der Waals surface area contributed by atoms with E-state index in [9.17, 15) is 0 Å². The average molecular weight is 380 g/mol. The van der Waals surface area contributed by atoms with Gasteiger partial charge in [-0.1, -0.05) is 0 Å². The molecular formula is H28BNa3O17. The summed E-state index contributed by atoms with van der Waals surface area (Å²) in [4.78, 5) is 0. The molecule has 21 heteroatoms. The van der Waals surface area contributed by atoms with Crippen LogP contribution in [0, 0.1) is 0 Å². The Morgan fingerprint density at radius 3 is 0.286 bits per heavy atom. The molecule has 0 aromatic carbocycles. The molecule has 0 amide bonds. The molecule has 0 spiro atoms. The number of hydrogen-bond donors (Lipinski definition) is 0. The van der Waals surface area contributed by atoms with Crippen molar-refractivity contribution < 1.29 is 180 Å². The monoisotopic (exact) mass is 380 g/mol. The molecule has 0 rings (SSSR count). The molecule has 136 valence electrons. The van der Waals surface area contributed by atoms with Gasteiger partial charge in [0.05, 0.1) is 0 Å². The van der Waals surface area contributed by atoms with Crippen molar-refractivity contribution in [2.75, 3.05) is 0 Å². The van der Waals surface area contributed by atoms with Crippen LogP contribution in [0.3, 0.4) is 0 Å². The normalized spacial score (nSPS) is 1.29. The first-order chi connectivity index (χ1) is 1.73. The number of rotatable bonds is 0. The summed E-state index contributed by atoms with van der Waals surface area (Å²) in [5.74, 6) is 0. The van der Waals surface area contributed by atoms with E-state index in [2.05, 4.69) is 0 Å². The topological polar surface area (TPSA) is 510 Å². The zero-order valence-electron chi connectivity index (χ0n) is 11.8. The van der Waals surface area contributed by atoms with Crippen LogP contribution in [-0.2, 0) is 0 Å². The van der Waals surface area contributed by atoms with Crippen LogP contribution in [0.4, 0.5) is 0 Å². The van der Waals surface area contributed by atoms with Crippen LogP contribution in [0.1, 0.15) is 0 Å². The summed E-state index contributed by atoms with van der Waals surface area (Å²) in [6.45, 7) is 0. The molecule has 28 N–H and O–H groups in total. The van der Waals surface area contributed by atoms with E-state index >= 15 is 0 Å². The minimum atomic E-state index is -2.92. The fourth-order valence-corrected chi connectivity index (χ4v) is 0. The van der Waals surface area contributed by atoms with Crippen molar-refractivity contribution >= 4 is 7.32 Å². The first-order valence-electron chi connectivity index (χ1n) is 0.707. The van der Waals surface area contributed by atoms with Gasteiger partial charge >= 0.3 is 88.7 Å². The van der Waals surface area contributed by atoms with Crippen molar-refractivity contribution in [2.45, 2.75) is 0 Å². The molecule has 0 saturated heterocycles. The van der Waals surface area contributed by atoms with Crippen molar-refractivity contribution in [3.63, 3.8) is 0 Å². The van der Waals surface area contributed by atoms with Crippen molar-refractivity contribution in [1.29, 1.82) is 0 Å². The zero-order chi connectivity index (χ0) is 3.58. The largest absolute Gasteiger partial charge is 1.00 e. The van der Waals surface area contributed by atoms with Gasteiger partial charge in [-0.3, -0.25) is 7.32 Å². The summed E-state index contributed by atoms with van der Waals surface area (Å²) < 4.78 is 0. The Balaban J connectivity index is -0.000000000331. The molecule has 0 aromatic heterocycles. The summed E-state index contributed by atoms with van der Waals surface area (Å²) >= 11 is 0. The molecule has 0 aliphatic heterocycles. The summed E-state index contributed by atoms with van der Waals surface area (Å²) in [7, 11) is -2.92. The van der Waals surface area contributed by atoms with Gasteiger partial charge in [0.15, 0.2) is 0 Å². The maximum Gasteiger partial charge on any atom is 1.00 e. The van der Waals surface area contributed by atoms with E-state index in [0.717, 1.165) is 0 Å². The third-order valence-electron chi connectivity index (χ3n) is 0. The Labute approximate surface area is 186 Å². The van der Waals surface area contributed by atoms with Gasteiger partial charge in [-0.25, -0.2) is 0 Å². The number of hydrogen-bond acceptors (Lipinski definition) is 3. The standard InChI is InChI=1S/BO3.3Na.14H2O/c2-1(3)4;;;;;;;;;;;;;;;;;/h;;;;14*1H2/q-3;3*+1;;;;;;;;;;;;;;. The molecule has 0 fully saturated rings. The molecule has 0 bridgehead atoms. The first-order valence-corrected chi connectivity index (χ1v) is 0.707. The van der Waals surface area contributed by atoms with Crippen LogP contribution in [0.2, 0.25) is 0 Å². The molecule has 0 saturated carbocycles. The molecule has 17 nitrogen and oxygen atoms in total. The van der Waals surface area contributed by atoms with Crippen LogP contribution >= 0.6 is 0 Å². The Hall–Kier alpha value is 2.38. The predicted octanol–water partition coefficient (Wildman–Crippen LogP) is -24.5. The Morgan fingerprint density at radius 1 is 0.286 bits per heavy atom. The fourth-order valence-electron chi connectivity index (χ4n) is 0. The average Bonchev–Trinajstić information content (AvgIpc) is 0.811. The third kappa shape index (κ3) is 1640. The molecule has 0 aromatic rings. The van der Waals surface area contributed by atoms with E-state index in [1.54, 1.807) is 0 Å². The van der Waals surface area contributed by atoms with E-state index in [1.807, 2.05) is 0 Å². The van der Waals surface area contributed by atoms with E-state index in [-0.39, 0.29) is 165 Å². The predicted molar refractivity (Wildman–Crippen MR) is 56.3 cm³/mol. The second-order valence-corrected chi connectivity index (χ2v) is 0.289. The van der Waals surface area contributed by atoms with Gasteiger partial charge < -0.3 is 91.7 Å². The van der Waals surface area contributed by atoms with Crippen LogP contribution in [0.25, 0.3) is 0 Å². The molecule has 0 aliphatic rings. The zero-order valence-corrected chi connectivity index (χ0v) is 17.8. The van der Waals surface area contributed by atoms with Crippen molar-refractivity contribution in [2.24, 2.45) is 0 Å². The van der Waals surface area contributed by atoms with E-state index in [0.29, 0.717) is 0 Å². The smallest absolute Gasteiger partial charge is 0.907 e. The molecular weight excluding hydrogens is 352 g/mol. The van der Waals surface area contributed by atoms with Gasteiger partial charge in [0.25, 0.3) is 0 Å². The molecule has 0 heterocycles. The molecule has 0 radical (unpaired) electrons. The maximum absolute atomic E-state index is 8.42. The molecule has 0 atom stereocenters. The van der Waals surface area contributed by atoms with Crippen molar-refractivity contribution in [3.8, 4) is 0 Å². The summed E-state index contributed by atoms with van der Waals surface area (Å²) in [6.07, 6.45) is 0. The van der Waals surface area contributed by atoms with E-state index in [4.69, 9.17) is 15.1 Å². The summed E-state index contributed by atoms with van der Waals surface area (Å²) in [5, 5.41) is 25.2. The second kappa shape index (κ2) is 353. The van der Waals surface area contributed by atoms with Gasteiger partial charge in [-0.15, -0.1) is 0 Å². The van der Waals surface area contributed by atoms with Crippen LogP contribution in [0.15, 0.2) is 0 Å². The minimum Gasteiger partial charge on any atom is -0.907 e. The van der Waals surface area contributed by atoms with Crippen molar-refractivity contribution in [1.82, 2.24) is 0 Å². The molecule has 0 unspecified atom stereocenters. The molecule has 21 heavy (non-hydrogen) atoms. The van der Waals surface area contributed by atoms with Gasteiger partial charge in [-0.05, 0) is 0 Å². The van der Waals surface area contributed by atoms with Gasteiger partial charge in [0.2, 0.25) is 0 Å². The quantitative estimate of drug-likeness (QED) is 0.369. The molecule has 0 aliphatic carbocycles. The minimum absolute atomic E-state index is 0. The Bertz CT molecular complexity index is 22.8. The van der Waals surface area contributed by atoms with Gasteiger partial charge in [-0.2, -0.15) is 0 Å². The fraction of sp³-hybridized carbons (Fsp3) is 0. The van der Waals surface area contributed by atoms with Gasteiger partial charge in [0, 0.05) is 0 Å². The first kappa shape index (κ1) is 404. The van der Waals surface area contributed by atoms with Gasteiger partial charge in [0.1, 0.15) is 0 Å². The van der Waals surface area contributed by atoms with Crippen molar-refractivity contribution in [3.05, 3.63) is 0 Å². The SMILES string of the molecule is O.O.O.O.O.O.O.O.O.O.O.O.O.O.[Na+].[Na+].[Na+].[O-]B([O-])[O-]. The van der Waals surface area contributed by atoms with Crippen LogP contribution < -0.4 is 104 Å². The summed E-state index contributed by atoms with van der Waals surface area (Å²) in [6, 6.07) is 0. The third-order valence-corrected chi connectivity index (χ3v) is 0. The van der Waals surface area contributed by atoms with Crippen LogP contribution in [0.5, 0.6) is 0 Å².